The number of nitrogens with one attached hydrogen (secondary N) is 1. The van der Waals surface area contributed by atoms with Gasteiger partial charge in [0.1, 0.15) is 27.6 Å². The van der Waals surface area contributed by atoms with Crippen LogP contribution in [0.2, 0.25) is 5.15 Å². The van der Waals surface area contributed by atoms with Crippen LogP contribution in [0, 0.1) is 18.3 Å². The maximum absolute atomic E-state index is 9.01. The smallest absolute Gasteiger partial charge is 0.165 e. The van der Waals surface area contributed by atoms with E-state index in [1.165, 1.54) is 11.3 Å². The van der Waals surface area contributed by atoms with Crippen molar-refractivity contribution in [2.75, 3.05) is 0 Å². The normalized spacial score (nSPS) is 10.4. The topological polar surface area (TPSA) is 91.1 Å². The number of nitrogens with zero attached hydrogens (tertiary/aromatic N) is 5. The molecule has 0 unspecified atom stereocenters. The molecule has 3 rings (SSSR count). The molecule has 0 fully saturated rings. The molecule has 1 N–H and O–H groups in total. The van der Waals surface area contributed by atoms with Gasteiger partial charge in [-0.3, -0.25) is 0 Å². The third-order valence-electron chi connectivity index (χ3n) is 2.65. The van der Waals surface area contributed by atoms with Crippen molar-refractivity contribution in [1.29, 1.82) is 5.26 Å². The van der Waals surface area contributed by atoms with Gasteiger partial charge < -0.3 is 0 Å². The second kappa shape index (κ2) is 5.00. The van der Waals surface area contributed by atoms with Gasteiger partial charge in [-0.25, -0.2) is 15.1 Å². The van der Waals surface area contributed by atoms with Crippen LogP contribution in [0.25, 0.3) is 22.0 Å². The molecule has 3 aromatic rings. The average molecular weight is 303 g/mol. The van der Waals surface area contributed by atoms with Crippen LogP contribution in [-0.2, 0) is 0 Å². The number of rotatable bonds is 2. The van der Waals surface area contributed by atoms with Gasteiger partial charge in [0.15, 0.2) is 5.69 Å². The number of aromatic amines is 1. The maximum atomic E-state index is 9.01. The van der Waals surface area contributed by atoms with E-state index in [9.17, 15) is 0 Å². The zero-order valence-electron chi connectivity index (χ0n) is 10.3. The molecular weight excluding hydrogens is 296 g/mol. The lowest BCUT2D eigenvalue weighted by atomic mass is 10.2. The van der Waals surface area contributed by atoms with Crippen LogP contribution in [0.15, 0.2) is 18.3 Å². The van der Waals surface area contributed by atoms with Crippen LogP contribution in [0.1, 0.15) is 10.6 Å². The van der Waals surface area contributed by atoms with Crippen molar-refractivity contribution in [1.82, 2.24) is 25.4 Å². The largest absolute Gasteiger partial charge is 0.247 e. The lowest BCUT2D eigenvalue weighted by Gasteiger charge is -1.95. The zero-order chi connectivity index (χ0) is 14.1. The van der Waals surface area contributed by atoms with Crippen molar-refractivity contribution in [3.63, 3.8) is 0 Å². The van der Waals surface area contributed by atoms with E-state index in [1.54, 1.807) is 12.3 Å². The Morgan fingerprint density at radius 1 is 1.40 bits per heavy atom. The number of nitriles is 1. The predicted octanol–water partition coefficient (Wildman–Crippen LogP) is 2.82. The Labute approximate surface area is 123 Å². The molecule has 0 saturated carbocycles. The Morgan fingerprint density at radius 3 is 3.00 bits per heavy atom. The molecule has 0 radical (unpaired) electrons. The summed E-state index contributed by atoms with van der Waals surface area (Å²) in [7, 11) is 0. The number of H-pyrrole nitrogens is 1. The third-order valence-corrected chi connectivity index (χ3v) is 3.88. The first-order valence-electron chi connectivity index (χ1n) is 5.60. The van der Waals surface area contributed by atoms with Crippen molar-refractivity contribution in [3.8, 4) is 28.0 Å². The van der Waals surface area contributed by atoms with E-state index in [2.05, 4.69) is 25.4 Å². The minimum absolute atomic E-state index is 0.303. The van der Waals surface area contributed by atoms with E-state index in [4.69, 9.17) is 16.9 Å². The molecule has 0 bridgehead atoms. The molecule has 20 heavy (non-hydrogen) atoms. The predicted molar refractivity (Wildman–Crippen MR) is 75.2 cm³/mol. The lowest BCUT2D eigenvalue weighted by molar-refractivity contribution is 0.936. The minimum atomic E-state index is 0.303. The number of halogens is 1. The molecule has 3 aromatic heterocycles. The maximum Gasteiger partial charge on any atom is 0.165 e. The Balaban J connectivity index is 2.11. The van der Waals surface area contributed by atoms with Gasteiger partial charge in [-0.2, -0.15) is 5.26 Å². The van der Waals surface area contributed by atoms with E-state index in [1.807, 2.05) is 19.1 Å². The van der Waals surface area contributed by atoms with Gasteiger partial charge in [-0.1, -0.05) is 16.8 Å². The van der Waals surface area contributed by atoms with Crippen LogP contribution in [-0.4, -0.2) is 25.4 Å². The van der Waals surface area contributed by atoms with E-state index < -0.39 is 0 Å². The fraction of sp³-hybridized carbons (Fsp3) is 0.0833. The van der Waals surface area contributed by atoms with Gasteiger partial charge in [0.25, 0.3) is 0 Å². The average Bonchev–Trinajstić information content (AvgIpc) is 3.04. The van der Waals surface area contributed by atoms with Gasteiger partial charge in [-0.05, 0) is 19.1 Å². The van der Waals surface area contributed by atoms with E-state index in [-0.39, 0.29) is 0 Å². The summed E-state index contributed by atoms with van der Waals surface area (Å²) < 4.78 is 0. The first kappa shape index (κ1) is 12.7. The molecule has 3 heterocycles. The van der Waals surface area contributed by atoms with Crippen molar-refractivity contribution >= 4 is 22.9 Å². The minimum Gasteiger partial charge on any atom is -0.247 e. The van der Waals surface area contributed by atoms with Gasteiger partial charge in [0, 0.05) is 16.6 Å². The number of pyridine rings is 1. The first-order valence-corrected chi connectivity index (χ1v) is 6.79. The molecule has 0 aliphatic rings. The molecular formula is C12H7ClN6S. The van der Waals surface area contributed by atoms with Gasteiger partial charge >= 0.3 is 0 Å². The number of thiazole rings is 1. The Morgan fingerprint density at radius 2 is 2.25 bits per heavy atom. The number of hydrogen-bond acceptors (Lipinski definition) is 6. The monoisotopic (exact) mass is 302 g/mol. The van der Waals surface area contributed by atoms with Crippen LogP contribution < -0.4 is 0 Å². The zero-order valence-corrected chi connectivity index (χ0v) is 11.8. The summed E-state index contributed by atoms with van der Waals surface area (Å²) in [6, 6.07) is 5.60. The summed E-state index contributed by atoms with van der Waals surface area (Å²) in [5, 5.41) is 20.3. The standard InChI is InChI=1S/C12H7ClN6S/c1-6-10(11-8(5-14)17-19-18-11)16-12(20-6)7-2-3-15-9(13)4-7/h2-4H,1H3,(H,17,18,19). The SMILES string of the molecule is Cc1sc(-c2ccnc(Cl)c2)nc1-c1nn[nH]c1C#N. The van der Waals surface area contributed by atoms with Crippen LogP contribution in [0.4, 0.5) is 0 Å². The molecule has 0 saturated heterocycles. The van der Waals surface area contributed by atoms with Crippen molar-refractivity contribution < 1.29 is 0 Å². The molecule has 0 aromatic carbocycles. The highest BCUT2D eigenvalue weighted by molar-refractivity contribution is 7.15. The summed E-state index contributed by atoms with van der Waals surface area (Å²) in [5.41, 5.74) is 2.31. The summed E-state index contributed by atoms with van der Waals surface area (Å²) in [6.07, 6.45) is 1.63. The van der Waals surface area contributed by atoms with Crippen molar-refractivity contribution in [2.24, 2.45) is 0 Å². The number of aromatic nitrogens is 5. The second-order valence-electron chi connectivity index (χ2n) is 3.94. The van der Waals surface area contributed by atoms with E-state index in [0.29, 0.717) is 22.2 Å². The molecule has 0 atom stereocenters. The highest BCUT2D eigenvalue weighted by atomic mass is 35.5. The van der Waals surface area contributed by atoms with E-state index in [0.717, 1.165) is 15.4 Å². The Kier molecular flexibility index (Phi) is 3.18. The molecule has 0 spiro atoms. The van der Waals surface area contributed by atoms with Crippen molar-refractivity contribution in [3.05, 3.63) is 34.1 Å². The quantitative estimate of drug-likeness (QED) is 0.735. The highest BCUT2D eigenvalue weighted by Crippen LogP contribution is 2.33. The summed E-state index contributed by atoms with van der Waals surface area (Å²) >= 11 is 7.39. The van der Waals surface area contributed by atoms with Gasteiger partial charge in [0.2, 0.25) is 0 Å². The molecule has 8 heteroatoms. The van der Waals surface area contributed by atoms with Crippen LogP contribution >= 0.6 is 22.9 Å². The highest BCUT2D eigenvalue weighted by Gasteiger charge is 2.17. The Bertz CT molecular complexity index is 815. The van der Waals surface area contributed by atoms with Gasteiger partial charge in [-0.15, -0.1) is 16.4 Å². The molecule has 0 amide bonds. The number of hydrogen-bond donors (Lipinski definition) is 1. The summed E-state index contributed by atoms with van der Waals surface area (Å²) in [5.74, 6) is 0. The lowest BCUT2D eigenvalue weighted by Crippen LogP contribution is -1.86. The second-order valence-corrected chi connectivity index (χ2v) is 5.53. The molecule has 6 nitrogen and oxygen atoms in total. The number of aryl methyl sites for hydroxylation is 1. The first-order chi connectivity index (χ1) is 9.69. The fourth-order valence-corrected chi connectivity index (χ4v) is 2.83. The Hall–Kier alpha value is -2.30. The van der Waals surface area contributed by atoms with Crippen molar-refractivity contribution in [2.45, 2.75) is 6.92 Å². The van der Waals surface area contributed by atoms with E-state index >= 15 is 0 Å². The van der Waals surface area contributed by atoms with Gasteiger partial charge in [0.05, 0.1) is 0 Å². The fourth-order valence-electron chi connectivity index (χ4n) is 1.75. The van der Waals surface area contributed by atoms with Crippen LogP contribution in [0.3, 0.4) is 0 Å². The molecule has 98 valence electrons. The summed E-state index contributed by atoms with van der Waals surface area (Å²) in [4.78, 5) is 9.43. The summed E-state index contributed by atoms with van der Waals surface area (Å²) in [6.45, 7) is 1.93. The molecule has 0 aliphatic heterocycles. The molecule has 0 aliphatic carbocycles. The third kappa shape index (κ3) is 2.15. The van der Waals surface area contributed by atoms with Crippen LogP contribution in [0.5, 0.6) is 0 Å².